The number of carbonyl (C=O) groups is 1. The minimum Gasteiger partial charge on any atom is -0.494 e. The number of rotatable bonds is 10. The van der Waals surface area contributed by atoms with Crippen LogP contribution in [-0.2, 0) is 16.0 Å². The first-order valence-electron chi connectivity index (χ1n) is 8.27. The fourth-order valence-electron chi connectivity index (χ4n) is 2.51. The number of nitrogens with one attached hydrogen (secondary N) is 2. The second kappa shape index (κ2) is 9.20. The van der Waals surface area contributed by atoms with Gasteiger partial charge in [-0.3, -0.25) is 4.79 Å². The number of ether oxygens (including phenoxy) is 2. The number of esters is 1. The molecule has 1 heterocycles. The minimum atomic E-state index is -0.129. The fraction of sp³-hybridized carbons (Fsp3) is 0.500. The van der Waals surface area contributed by atoms with E-state index in [2.05, 4.69) is 22.6 Å². The van der Waals surface area contributed by atoms with E-state index in [1.807, 2.05) is 26.1 Å². The zero-order valence-corrected chi connectivity index (χ0v) is 14.0. The summed E-state index contributed by atoms with van der Waals surface area (Å²) in [6.45, 7) is 3.83. The van der Waals surface area contributed by atoms with Crippen molar-refractivity contribution in [2.24, 2.45) is 0 Å². The molecule has 0 aliphatic carbocycles. The first-order chi connectivity index (χ1) is 11.2. The molecular formula is C18H26N2O3. The van der Waals surface area contributed by atoms with Gasteiger partial charge in [-0.15, -0.1) is 0 Å². The molecule has 23 heavy (non-hydrogen) atoms. The molecule has 0 atom stereocenters. The van der Waals surface area contributed by atoms with Gasteiger partial charge in [-0.25, -0.2) is 0 Å². The van der Waals surface area contributed by atoms with Crippen molar-refractivity contribution < 1.29 is 14.3 Å². The summed E-state index contributed by atoms with van der Waals surface area (Å²) in [7, 11) is 1.96. The van der Waals surface area contributed by atoms with Crippen LogP contribution in [0.2, 0.25) is 0 Å². The maximum Gasteiger partial charge on any atom is 0.305 e. The summed E-state index contributed by atoms with van der Waals surface area (Å²) in [6.07, 6.45) is 5.14. The van der Waals surface area contributed by atoms with E-state index >= 15 is 0 Å². The molecule has 0 aliphatic rings. The van der Waals surface area contributed by atoms with E-state index in [9.17, 15) is 4.79 Å². The summed E-state index contributed by atoms with van der Waals surface area (Å²) >= 11 is 0. The number of unbranched alkanes of at least 4 members (excludes halogenated alkanes) is 1. The lowest BCUT2D eigenvalue weighted by Crippen LogP contribution is -2.09. The molecule has 1 aromatic heterocycles. The number of carbonyl (C=O) groups excluding carboxylic acids is 1. The van der Waals surface area contributed by atoms with E-state index in [1.54, 1.807) is 0 Å². The Bertz CT molecular complexity index is 622. The smallest absolute Gasteiger partial charge is 0.305 e. The number of likely N-dealkylation sites (N-methyl/N-ethyl adjacent to an activating group) is 1. The van der Waals surface area contributed by atoms with Crippen LogP contribution in [0.1, 0.15) is 31.7 Å². The highest BCUT2D eigenvalue weighted by molar-refractivity contribution is 5.84. The van der Waals surface area contributed by atoms with E-state index in [1.165, 1.54) is 10.9 Å². The normalized spacial score (nSPS) is 10.9. The molecule has 0 fully saturated rings. The highest BCUT2D eigenvalue weighted by Gasteiger charge is 2.05. The van der Waals surface area contributed by atoms with Gasteiger partial charge in [0, 0.05) is 23.5 Å². The molecule has 0 saturated carbocycles. The van der Waals surface area contributed by atoms with Gasteiger partial charge >= 0.3 is 5.97 Å². The lowest BCUT2D eigenvalue weighted by Gasteiger charge is -2.07. The highest BCUT2D eigenvalue weighted by Crippen LogP contribution is 2.24. The van der Waals surface area contributed by atoms with Crippen molar-refractivity contribution in [1.29, 1.82) is 0 Å². The lowest BCUT2D eigenvalue weighted by molar-refractivity contribution is -0.143. The number of H-pyrrole nitrogens is 1. The molecule has 0 spiro atoms. The zero-order valence-electron chi connectivity index (χ0n) is 14.0. The largest absolute Gasteiger partial charge is 0.494 e. The predicted molar refractivity (Wildman–Crippen MR) is 91.9 cm³/mol. The molecule has 0 amide bonds. The van der Waals surface area contributed by atoms with Crippen molar-refractivity contribution in [2.75, 3.05) is 26.8 Å². The summed E-state index contributed by atoms with van der Waals surface area (Å²) in [6, 6.07) is 6.11. The summed E-state index contributed by atoms with van der Waals surface area (Å²) < 4.78 is 10.7. The molecule has 0 radical (unpaired) electrons. The molecule has 5 heteroatoms. The van der Waals surface area contributed by atoms with Crippen LogP contribution >= 0.6 is 0 Å². The molecule has 0 aliphatic heterocycles. The molecule has 126 valence electrons. The standard InChI is InChI=1S/C18H26N2O3/c1-3-22-18(21)6-4-5-11-23-15-7-8-17-16(12-15)14(13-20-17)9-10-19-2/h7-8,12-13,19-20H,3-6,9-11H2,1-2H3. The number of hydrogen-bond acceptors (Lipinski definition) is 4. The maximum absolute atomic E-state index is 11.2. The third-order valence-electron chi connectivity index (χ3n) is 3.73. The minimum absolute atomic E-state index is 0.129. The van der Waals surface area contributed by atoms with Gasteiger partial charge in [0.05, 0.1) is 13.2 Å². The van der Waals surface area contributed by atoms with Crippen molar-refractivity contribution in [3.63, 3.8) is 0 Å². The Balaban J connectivity index is 1.82. The van der Waals surface area contributed by atoms with Crippen LogP contribution in [0.15, 0.2) is 24.4 Å². The Morgan fingerprint density at radius 2 is 2.17 bits per heavy atom. The lowest BCUT2D eigenvalue weighted by atomic mass is 10.1. The Morgan fingerprint density at radius 3 is 2.96 bits per heavy atom. The summed E-state index contributed by atoms with van der Waals surface area (Å²) in [5.74, 6) is 0.745. The van der Waals surface area contributed by atoms with Crippen molar-refractivity contribution in [2.45, 2.75) is 32.6 Å². The zero-order chi connectivity index (χ0) is 16.5. The molecule has 2 N–H and O–H groups in total. The van der Waals surface area contributed by atoms with Gasteiger partial charge in [0.25, 0.3) is 0 Å². The number of aromatic nitrogens is 1. The topological polar surface area (TPSA) is 63.4 Å². The van der Waals surface area contributed by atoms with E-state index in [0.29, 0.717) is 19.6 Å². The summed E-state index contributed by atoms with van der Waals surface area (Å²) in [5, 5.41) is 4.38. The average molecular weight is 318 g/mol. The van der Waals surface area contributed by atoms with E-state index in [-0.39, 0.29) is 5.97 Å². The quantitative estimate of drug-likeness (QED) is 0.522. The van der Waals surface area contributed by atoms with Crippen molar-refractivity contribution in [3.05, 3.63) is 30.0 Å². The van der Waals surface area contributed by atoms with Crippen molar-refractivity contribution >= 4 is 16.9 Å². The summed E-state index contributed by atoms with van der Waals surface area (Å²) in [5.41, 5.74) is 2.42. The van der Waals surface area contributed by atoms with Gasteiger partial charge in [-0.1, -0.05) is 0 Å². The third kappa shape index (κ3) is 5.28. The first kappa shape index (κ1) is 17.3. The molecule has 1 aromatic carbocycles. The molecule has 0 saturated heterocycles. The van der Waals surface area contributed by atoms with Crippen LogP contribution in [0.4, 0.5) is 0 Å². The average Bonchev–Trinajstić information content (AvgIpc) is 2.95. The van der Waals surface area contributed by atoms with Gasteiger partial charge in [0.2, 0.25) is 0 Å². The number of fused-ring (bicyclic) bond motifs is 1. The van der Waals surface area contributed by atoms with E-state index < -0.39 is 0 Å². The highest BCUT2D eigenvalue weighted by atomic mass is 16.5. The Labute approximate surface area is 137 Å². The Kier molecular flexibility index (Phi) is 6.94. The van der Waals surface area contributed by atoms with Crippen LogP contribution in [0, 0.1) is 0 Å². The SMILES string of the molecule is CCOC(=O)CCCCOc1ccc2[nH]cc(CCNC)c2c1. The molecule has 0 unspecified atom stereocenters. The molecule has 2 rings (SSSR count). The Morgan fingerprint density at radius 1 is 1.30 bits per heavy atom. The third-order valence-corrected chi connectivity index (χ3v) is 3.73. The molecule has 0 bridgehead atoms. The van der Waals surface area contributed by atoms with Gasteiger partial charge in [-0.2, -0.15) is 0 Å². The maximum atomic E-state index is 11.2. The van der Waals surface area contributed by atoms with Crippen LogP contribution in [-0.4, -0.2) is 37.8 Å². The first-order valence-corrected chi connectivity index (χ1v) is 8.27. The number of hydrogen-bond donors (Lipinski definition) is 2. The number of aromatic amines is 1. The van der Waals surface area contributed by atoms with Gasteiger partial charge < -0.3 is 19.8 Å². The van der Waals surface area contributed by atoms with Gasteiger partial charge in [0.1, 0.15) is 5.75 Å². The molecular weight excluding hydrogens is 292 g/mol. The van der Waals surface area contributed by atoms with Crippen molar-refractivity contribution in [1.82, 2.24) is 10.3 Å². The van der Waals surface area contributed by atoms with Gasteiger partial charge in [0.15, 0.2) is 0 Å². The molecule has 2 aromatic rings. The second-order valence-corrected chi connectivity index (χ2v) is 5.49. The monoisotopic (exact) mass is 318 g/mol. The second-order valence-electron chi connectivity index (χ2n) is 5.49. The predicted octanol–water partition coefficient (Wildman–Crippen LogP) is 3.04. The fourth-order valence-corrected chi connectivity index (χ4v) is 2.51. The molecule has 5 nitrogen and oxygen atoms in total. The summed E-state index contributed by atoms with van der Waals surface area (Å²) in [4.78, 5) is 14.5. The van der Waals surface area contributed by atoms with Crippen LogP contribution in [0.25, 0.3) is 10.9 Å². The van der Waals surface area contributed by atoms with Crippen LogP contribution in [0.3, 0.4) is 0 Å². The van der Waals surface area contributed by atoms with E-state index in [0.717, 1.165) is 37.1 Å². The van der Waals surface area contributed by atoms with Gasteiger partial charge in [-0.05, 0) is 63.5 Å². The van der Waals surface area contributed by atoms with E-state index in [4.69, 9.17) is 9.47 Å². The van der Waals surface area contributed by atoms with Crippen LogP contribution in [0.5, 0.6) is 5.75 Å². The van der Waals surface area contributed by atoms with Crippen molar-refractivity contribution in [3.8, 4) is 5.75 Å². The Hall–Kier alpha value is -2.01. The number of benzene rings is 1. The van der Waals surface area contributed by atoms with Crippen LogP contribution < -0.4 is 10.1 Å².